The van der Waals surface area contributed by atoms with E-state index in [4.69, 9.17) is 15.2 Å². The molecule has 2 atom stereocenters. The van der Waals surface area contributed by atoms with Crippen LogP contribution in [-0.2, 0) is 22.3 Å². The average Bonchev–Trinajstić information content (AvgIpc) is 3.00. The average molecular weight is 374 g/mol. The second-order valence-electron chi connectivity index (χ2n) is 7.31. The van der Waals surface area contributed by atoms with Gasteiger partial charge in [0.05, 0.1) is 11.7 Å². The SMILES string of the molecule is CC(C)(C)Oc1ccc(CNC(=O)[C@@H]2CC[C@H](CN)O2)c(C(F)(F)F)c1. The van der Waals surface area contributed by atoms with Crippen LogP contribution in [0, 0.1) is 0 Å². The second-order valence-corrected chi connectivity index (χ2v) is 7.31. The van der Waals surface area contributed by atoms with Gasteiger partial charge in [0.2, 0.25) is 5.91 Å². The number of carbonyl (C=O) groups is 1. The van der Waals surface area contributed by atoms with Gasteiger partial charge in [0.1, 0.15) is 17.5 Å². The van der Waals surface area contributed by atoms with Crippen LogP contribution in [0.3, 0.4) is 0 Å². The predicted molar refractivity (Wildman–Crippen MR) is 90.6 cm³/mol. The molecule has 8 heteroatoms. The van der Waals surface area contributed by atoms with E-state index < -0.39 is 29.4 Å². The maximum absolute atomic E-state index is 13.4. The van der Waals surface area contributed by atoms with Crippen LogP contribution in [0.5, 0.6) is 5.75 Å². The number of amides is 1. The summed E-state index contributed by atoms with van der Waals surface area (Å²) in [6, 6.07) is 3.75. The lowest BCUT2D eigenvalue weighted by Crippen LogP contribution is -2.35. The second kappa shape index (κ2) is 7.84. The Labute approximate surface area is 151 Å². The number of hydrogen-bond donors (Lipinski definition) is 2. The summed E-state index contributed by atoms with van der Waals surface area (Å²) in [5, 5.41) is 2.52. The number of nitrogens with one attached hydrogen (secondary N) is 1. The molecule has 0 bridgehead atoms. The van der Waals surface area contributed by atoms with E-state index in [0.29, 0.717) is 19.4 Å². The van der Waals surface area contributed by atoms with Gasteiger partial charge in [-0.3, -0.25) is 4.79 Å². The van der Waals surface area contributed by atoms with Gasteiger partial charge in [-0.25, -0.2) is 0 Å². The summed E-state index contributed by atoms with van der Waals surface area (Å²) in [6.07, 6.45) is -4.21. The van der Waals surface area contributed by atoms with Crippen molar-refractivity contribution in [3.63, 3.8) is 0 Å². The van der Waals surface area contributed by atoms with Crippen LogP contribution in [0.1, 0.15) is 44.7 Å². The van der Waals surface area contributed by atoms with E-state index in [1.807, 2.05) is 0 Å². The molecule has 5 nitrogen and oxygen atoms in total. The molecular formula is C18H25F3N2O3. The molecule has 1 amide bonds. The molecule has 1 aliphatic heterocycles. The van der Waals surface area contributed by atoms with E-state index in [0.717, 1.165) is 6.07 Å². The molecule has 0 radical (unpaired) electrons. The molecule has 0 aliphatic carbocycles. The van der Waals surface area contributed by atoms with Crippen molar-refractivity contribution in [2.45, 2.75) is 64.1 Å². The van der Waals surface area contributed by atoms with Crippen molar-refractivity contribution in [2.24, 2.45) is 5.73 Å². The van der Waals surface area contributed by atoms with Crippen LogP contribution in [0.15, 0.2) is 18.2 Å². The molecule has 1 saturated heterocycles. The zero-order valence-electron chi connectivity index (χ0n) is 15.2. The lowest BCUT2D eigenvalue weighted by Gasteiger charge is -2.23. The first kappa shape index (κ1) is 20.5. The monoisotopic (exact) mass is 374 g/mol. The lowest BCUT2D eigenvalue weighted by molar-refractivity contribution is -0.139. The molecule has 3 N–H and O–H groups in total. The van der Waals surface area contributed by atoms with Crippen LogP contribution in [0.4, 0.5) is 13.2 Å². The molecule has 1 heterocycles. The molecular weight excluding hydrogens is 349 g/mol. The van der Waals surface area contributed by atoms with Gasteiger partial charge < -0.3 is 20.5 Å². The smallest absolute Gasteiger partial charge is 0.416 e. The minimum Gasteiger partial charge on any atom is -0.488 e. The topological polar surface area (TPSA) is 73.6 Å². The minimum atomic E-state index is -4.55. The standard InChI is InChI=1S/C18H25F3N2O3/c1-17(2,3)26-12-5-4-11(14(8-12)18(19,20)21)10-23-16(24)15-7-6-13(9-22)25-15/h4-5,8,13,15H,6-7,9-10,22H2,1-3H3,(H,23,24)/t13-,15+/m1/s1. The normalized spacial score (nSPS) is 20.9. The van der Waals surface area contributed by atoms with Crippen LogP contribution in [0.2, 0.25) is 0 Å². The quantitative estimate of drug-likeness (QED) is 0.831. The zero-order valence-corrected chi connectivity index (χ0v) is 15.2. The summed E-state index contributed by atoms with van der Waals surface area (Å²) in [4.78, 5) is 12.1. The van der Waals surface area contributed by atoms with Crippen molar-refractivity contribution >= 4 is 5.91 Å². The highest BCUT2D eigenvalue weighted by molar-refractivity contribution is 5.81. The van der Waals surface area contributed by atoms with Gasteiger partial charge in [-0.05, 0) is 51.3 Å². The summed E-state index contributed by atoms with van der Waals surface area (Å²) in [5.74, 6) is -0.297. The van der Waals surface area contributed by atoms with Crippen LogP contribution >= 0.6 is 0 Å². The van der Waals surface area contributed by atoms with E-state index in [1.54, 1.807) is 20.8 Å². The van der Waals surface area contributed by atoms with Crippen LogP contribution < -0.4 is 15.8 Å². The predicted octanol–water partition coefficient (Wildman–Crippen LogP) is 3.01. The first-order valence-electron chi connectivity index (χ1n) is 8.52. The summed E-state index contributed by atoms with van der Waals surface area (Å²) in [7, 11) is 0. The van der Waals surface area contributed by atoms with Gasteiger partial charge in [-0.15, -0.1) is 0 Å². The first-order valence-corrected chi connectivity index (χ1v) is 8.52. The molecule has 0 saturated carbocycles. The molecule has 1 aromatic rings. The number of benzene rings is 1. The number of rotatable bonds is 5. The summed E-state index contributed by atoms with van der Waals surface area (Å²) in [6.45, 7) is 5.34. The third-order valence-corrected chi connectivity index (χ3v) is 3.93. The summed E-state index contributed by atoms with van der Waals surface area (Å²) < 4.78 is 51.1. The zero-order chi connectivity index (χ0) is 19.5. The molecule has 1 aromatic carbocycles. The first-order chi connectivity index (χ1) is 12.0. The molecule has 0 aromatic heterocycles. The molecule has 0 spiro atoms. The van der Waals surface area contributed by atoms with Crippen molar-refractivity contribution < 1.29 is 27.4 Å². The van der Waals surface area contributed by atoms with Gasteiger partial charge in [0, 0.05) is 13.1 Å². The van der Waals surface area contributed by atoms with E-state index >= 15 is 0 Å². The molecule has 0 unspecified atom stereocenters. The summed E-state index contributed by atoms with van der Waals surface area (Å²) in [5.41, 5.74) is 4.03. The fourth-order valence-electron chi connectivity index (χ4n) is 2.76. The van der Waals surface area contributed by atoms with E-state index in [2.05, 4.69) is 5.32 Å². The molecule has 26 heavy (non-hydrogen) atoms. The van der Waals surface area contributed by atoms with Gasteiger partial charge in [0.15, 0.2) is 0 Å². The number of halogens is 3. The Morgan fingerprint density at radius 3 is 2.54 bits per heavy atom. The maximum Gasteiger partial charge on any atom is 0.416 e. The Morgan fingerprint density at radius 2 is 2.00 bits per heavy atom. The Balaban J connectivity index is 2.09. The number of alkyl halides is 3. The van der Waals surface area contributed by atoms with Crippen molar-refractivity contribution in [1.82, 2.24) is 5.32 Å². The largest absolute Gasteiger partial charge is 0.488 e. The number of nitrogens with two attached hydrogens (primary N) is 1. The highest BCUT2D eigenvalue weighted by Crippen LogP contribution is 2.35. The van der Waals surface area contributed by atoms with Crippen LogP contribution in [-0.4, -0.2) is 30.3 Å². The molecule has 1 aliphatic rings. The maximum atomic E-state index is 13.4. The number of carbonyl (C=O) groups excluding carboxylic acids is 1. The third-order valence-electron chi connectivity index (χ3n) is 3.93. The lowest BCUT2D eigenvalue weighted by atomic mass is 10.1. The van der Waals surface area contributed by atoms with Crippen molar-refractivity contribution in [3.05, 3.63) is 29.3 Å². The fraction of sp³-hybridized carbons (Fsp3) is 0.611. The fourth-order valence-corrected chi connectivity index (χ4v) is 2.76. The van der Waals surface area contributed by atoms with Crippen molar-refractivity contribution in [3.8, 4) is 5.75 Å². The van der Waals surface area contributed by atoms with E-state index in [-0.39, 0.29) is 24.0 Å². The Hall–Kier alpha value is -1.80. The van der Waals surface area contributed by atoms with E-state index in [9.17, 15) is 18.0 Å². The molecule has 146 valence electrons. The number of hydrogen-bond acceptors (Lipinski definition) is 4. The Morgan fingerprint density at radius 1 is 1.31 bits per heavy atom. The molecule has 2 rings (SSSR count). The Kier molecular flexibility index (Phi) is 6.18. The highest BCUT2D eigenvalue weighted by atomic mass is 19.4. The number of ether oxygens (including phenoxy) is 2. The van der Waals surface area contributed by atoms with Crippen molar-refractivity contribution in [1.29, 1.82) is 0 Å². The van der Waals surface area contributed by atoms with Gasteiger partial charge >= 0.3 is 6.18 Å². The molecule has 1 fully saturated rings. The van der Waals surface area contributed by atoms with Gasteiger partial charge in [-0.2, -0.15) is 13.2 Å². The summed E-state index contributed by atoms with van der Waals surface area (Å²) >= 11 is 0. The van der Waals surface area contributed by atoms with Gasteiger partial charge in [-0.1, -0.05) is 6.07 Å². The van der Waals surface area contributed by atoms with Gasteiger partial charge in [0.25, 0.3) is 0 Å². The highest BCUT2D eigenvalue weighted by Gasteiger charge is 2.35. The van der Waals surface area contributed by atoms with Crippen LogP contribution in [0.25, 0.3) is 0 Å². The third kappa shape index (κ3) is 5.60. The minimum absolute atomic E-state index is 0.0273. The van der Waals surface area contributed by atoms with E-state index in [1.165, 1.54) is 12.1 Å². The van der Waals surface area contributed by atoms with Crippen molar-refractivity contribution in [2.75, 3.05) is 6.54 Å². The Bertz CT molecular complexity index is 642.